The van der Waals surface area contributed by atoms with E-state index in [1.807, 2.05) is 6.07 Å². The molecule has 4 N–H and O–H groups in total. The molecule has 1 unspecified atom stereocenters. The molecule has 1 fully saturated rings. The molecule has 0 heterocycles. The lowest BCUT2D eigenvalue weighted by atomic mass is 9.76. The number of benzene rings is 1. The van der Waals surface area contributed by atoms with Crippen molar-refractivity contribution >= 4 is 11.9 Å². The monoisotopic (exact) mass is 262 g/mol. The number of carbonyl (C=O) groups excluding carboxylic acids is 1. The first kappa shape index (κ1) is 13.5. The van der Waals surface area contributed by atoms with E-state index in [1.165, 1.54) is 0 Å². The highest BCUT2D eigenvalue weighted by Crippen LogP contribution is 2.33. The van der Waals surface area contributed by atoms with Crippen LogP contribution in [0.3, 0.4) is 0 Å². The van der Waals surface area contributed by atoms with E-state index in [1.54, 1.807) is 31.2 Å². The van der Waals surface area contributed by atoms with Gasteiger partial charge in [0.25, 0.3) is 0 Å². The van der Waals surface area contributed by atoms with Crippen molar-refractivity contribution in [2.75, 3.05) is 0 Å². The number of amides is 1. The molecule has 1 aliphatic carbocycles. The molecule has 1 aliphatic rings. The predicted octanol–water partition coefficient (Wildman–Crippen LogP) is 0.984. The van der Waals surface area contributed by atoms with E-state index in [9.17, 15) is 14.7 Å². The van der Waals surface area contributed by atoms with Gasteiger partial charge in [-0.2, -0.15) is 0 Å². The summed E-state index contributed by atoms with van der Waals surface area (Å²) >= 11 is 0. The molecule has 19 heavy (non-hydrogen) atoms. The maximum atomic E-state index is 12.3. The third kappa shape index (κ3) is 2.33. The van der Waals surface area contributed by atoms with E-state index in [0.29, 0.717) is 18.4 Å². The maximum Gasteiger partial charge on any atom is 0.329 e. The molecule has 1 atom stereocenters. The van der Waals surface area contributed by atoms with E-state index in [-0.39, 0.29) is 0 Å². The number of hydrogen-bond acceptors (Lipinski definition) is 3. The first-order valence-electron chi connectivity index (χ1n) is 6.29. The van der Waals surface area contributed by atoms with Crippen molar-refractivity contribution in [1.29, 1.82) is 0 Å². The van der Waals surface area contributed by atoms with Gasteiger partial charge in [-0.1, -0.05) is 30.3 Å². The van der Waals surface area contributed by atoms with E-state index >= 15 is 0 Å². The third-order valence-corrected chi connectivity index (χ3v) is 3.81. The Hall–Kier alpha value is -1.88. The van der Waals surface area contributed by atoms with Crippen LogP contribution in [0.5, 0.6) is 0 Å². The van der Waals surface area contributed by atoms with Gasteiger partial charge in [0.05, 0.1) is 0 Å². The maximum absolute atomic E-state index is 12.3. The van der Waals surface area contributed by atoms with Gasteiger partial charge in [-0.15, -0.1) is 0 Å². The third-order valence-electron chi connectivity index (χ3n) is 3.81. The molecule has 5 heteroatoms. The molecule has 0 aliphatic heterocycles. The summed E-state index contributed by atoms with van der Waals surface area (Å²) in [6.07, 6.45) is 1.72. The molecule has 1 amide bonds. The van der Waals surface area contributed by atoms with Crippen LogP contribution in [0.25, 0.3) is 0 Å². The summed E-state index contributed by atoms with van der Waals surface area (Å²) in [6.45, 7) is 1.59. The van der Waals surface area contributed by atoms with Gasteiger partial charge in [-0.3, -0.25) is 4.79 Å². The fraction of sp³-hybridized carbons (Fsp3) is 0.429. The van der Waals surface area contributed by atoms with Gasteiger partial charge < -0.3 is 16.2 Å². The van der Waals surface area contributed by atoms with Gasteiger partial charge in [0, 0.05) is 0 Å². The summed E-state index contributed by atoms with van der Waals surface area (Å²) < 4.78 is 0. The quantitative estimate of drug-likeness (QED) is 0.754. The molecule has 1 aromatic carbocycles. The number of rotatable bonds is 4. The Bertz CT molecular complexity index is 493. The summed E-state index contributed by atoms with van der Waals surface area (Å²) in [5.41, 5.74) is 4.35. The lowest BCUT2D eigenvalue weighted by Gasteiger charge is -2.40. The highest BCUT2D eigenvalue weighted by molar-refractivity contribution is 5.93. The average molecular weight is 262 g/mol. The van der Waals surface area contributed by atoms with Crippen LogP contribution in [0.15, 0.2) is 30.3 Å². The zero-order valence-corrected chi connectivity index (χ0v) is 10.8. The van der Waals surface area contributed by atoms with Gasteiger partial charge >= 0.3 is 5.97 Å². The topological polar surface area (TPSA) is 92.4 Å². The van der Waals surface area contributed by atoms with E-state index < -0.39 is 23.0 Å². The SMILES string of the molecule is CC(N)(C(=O)NC1(C(=O)O)CCC1)c1ccccc1. The normalized spacial score (nSPS) is 19.9. The molecule has 0 radical (unpaired) electrons. The molecule has 5 nitrogen and oxygen atoms in total. The van der Waals surface area contributed by atoms with Crippen LogP contribution in [0.1, 0.15) is 31.7 Å². The number of aliphatic carboxylic acids is 1. The summed E-state index contributed by atoms with van der Waals surface area (Å²) in [5.74, 6) is -1.45. The van der Waals surface area contributed by atoms with Crippen molar-refractivity contribution in [3.8, 4) is 0 Å². The zero-order chi connectivity index (χ0) is 14.1. The second-order valence-corrected chi connectivity index (χ2v) is 5.26. The smallest absolute Gasteiger partial charge is 0.329 e. The molecular formula is C14H18N2O3. The largest absolute Gasteiger partial charge is 0.480 e. The zero-order valence-electron chi connectivity index (χ0n) is 10.8. The Kier molecular flexibility index (Phi) is 3.32. The summed E-state index contributed by atoms with van der Waals surface area (Å²) in [4.78, 5) is 23.5. The molecule has 102 valence electrons. The number of nitrogens with one attached hydrogen (secondary N) is 1. The Morgan fingerprint density at radius 1 is 1.32 bits per heavy atom. The van der Waals surface area contributed by atoms with Crippen molar-refractivity contribution in [3.63, 3.8) is 0 Å². The predicted molar refractivity (Wildman–Crippen MR) is 70.3 cm³/mol. The fourth-order valence-electron chi connectivity index (χ4n) is 2.19. The van der Waals surface area contributed by atoms with Gasteiger partial charge in [-0.05, 0) is 31.7 Å². The van der Waals surface area contributed by atoms with Crippen molar-refractivity contribution in [3.05, 3.63) is 35.9 Å². The van der Waals surface area contributed by atoms with Crippen LogP contribution < -0.4 is 11.1 Å². The second-order valence-electron chi connectivity index (χ2n) is 5.26. The van der Waals surface area contributed by atoms with Gasteiger partial charge in [-0.25, -0.2) is 4.79 Å². The summed E-state index contributed by atoms with van der Waals surface area (Å²) in [6, 6.07) is 8.94. The minimum atomic E-state index is -1.24. The number of nitrogens with two attached hydrogens (primary N) is 1. The number of carboxylic acid groups (broad SMARTS) is 1. The van der Waals surface area contributed by atoms with E-state index in [0.717, 1.165) is 6.42 Å². The minimum absolute atomic E-state index is 0.457. The molecule has 0 aromatic heterocycles. The van der Waals surface area contributed by atoms with Crippen molar-refractivity contribution < 1.29 is 14.7 Å². The lowest BCUT2D eigenvalue weighted by Crippen LogP contribution is -2.63. The first-order valence-corrected chi connectivity index (χ1v) is 6.29. The summed E-state index contributed by atoms with van der Waals surface area (Å²) in [7, 11) is 0. The van der Waals surface area contributed by atoms with Gasteiger partial charge in [0.2, 0.25) is 5.91 Å². The van der Waals surface area contributed by atoms with Gasteiger partial charge in [0.15, 0.2) is 0 Å². The number of hydrogen-bond donors (Lipinski definition) is 3. The number of carbonyl (C=O) groups is 2. The molecule has 0 spiro atoms. The fourth-order valence-corrected chi connectivity index (χ4v) is 2.19. The van der Waals surface area contributed by atoms with Crippen LogP contribution in [0, 0.1) is 0 Å². The molecule has 1 saturated carbocycles. The Labute approximate surface area is 111 Å². The van der Waals surface area contributed by atoms with Crippen molar-refractivity contribution in [2.24, 2.45) is 5.73 Å². The summed E-state index contributed by atoms with van der Waals surface area (Å²) in [5, 5.41) is 11.8. The number of carboxylic acids is 1. The highest BCUT2D eigenvalue weighted by Gasteiger charge is 2.48. The molecule has 2 rings (SSSR count). The van der Waals surface area contributed by atoms with E-state index in [2.05, 4.69) is 5.32 Å². The molecule has 0 bridgehead atoms. The van der Waals surface area contributed by atoms with Crippen LogP contribution >= 0.6 is 0 Å². The second kappa shape index (κ2) is 4.66. The minimum Gasteiger partial charge on any atom is -0.480 e. The standard InChI is InChI=1S/C14H18N2O3/c1-13(15,10-6-3-2-4-7-10)11(17)16-14(12(18)19)8-5-9-14/h2-4,6-7H,5,8-9,15H2,1H3,(H,16,17)(H,18,19). The molecule has 0 saturated heterocycles. The van der Waals surface area contributed by atoms with Crippen LogP contribution in [-0.2, 0) is 15.1 Å². The van der Waals surface area contributed by atoms with Crippen LogP contribution in [0.4, 0.5) is 0 Å². The first-order chi connectivity index (χ1) is 8.88. The van der Waals surface area contributed by atoms with Crippen LogP contribution in [-0.4, -0.2) is 22.5 Å². The molecular weight excluding hydrogens is 244 g/mol. The van der Waals surface area contributed by atoms with Crippen LogP contribution in [0.2, 0.25) is 0 Å². The van der Waals surface area contributed by atoms with Gasteiger partial charge in [0.1, 0.15) is 11.1 Å². The Balaban J connectivity index is 2.18. The van der Waals surface area contributed by atoms with E-state index in [4.69, 9.17) is 5.73 Å². The molecule has 1 aromatic rings. The highest BCUT2D eigenvalue weighted by atomic mass is 16.4. The van der Waals surface area contributed by atoms with Crippen molar-refractivity contribution in [2.45, 2.75) is 37.3 Å². The Morgan fingerprint density at radius 3 is 2.32 bits per heavy atom. The lowest BCUT2D eigenvalue weighted by molar-refractivity contribution is -0.152. The average Bonchev–Trinajstić information content (AvgIpc) is 2.34. The Morgan fingerprint density at radius 2 is 1.89 bits per heavy atom. The van der Waals surface area contributed by atoms with Crippen molar-refractivity contribution in [1.82, 2.24) is 5.32 Å².